The van der Waals surface area contributed by atoms with Crippen molar-refractivity contribution in [3.8, 4) is 0 Å². The summed E-state index contributed by atoms with van der Waals surface area (Å²) >= 11 is 1.35. The van der Waals surface area contributed by atoms with E-state index >= 15 is 0 Å². The fourth-order valence-electron chi connectivity index (χ4n) is 3.07. The van der Waals surface area contributed by atoms with Gasteiger partial charge in [0.15, 0.2) is 16.3 Å². The summed E-state index contributed by atoms with van der Waals surface area (Å²) in [5.41, 5.74) is 1.94. The maximum Gasteiger partial charge on any atom is 0.315 e. The summed E-state index contributed by atoms with van der Waals surface area (Å²) in [6.07, 6.45) is 1.44. The second-order valence-electron chi connectivity index (χ2n) is 7.01. The predicted molar refractivity (Wildman–Crippen MR) is 116 cm³/mol. The number of aromatic nitrogens is 1. The monoisotopic (exact) mass is 435 g/mol. The lowest BCUT2D eigenvalue weighted by Crippen LogP contribution is -2.26. The van der Waals surface area contributed by atoms with Gasteiger partial charge in [-0.25, -0.2) is 0 Å². The van der Waals surface area contributed by atoms with Crippen LogP contribution in [0.3, 0.4) is 0 Å². The van der Waals surface area contributed by atoms with Crippen molar-refractivity contribution in [2.45, 2.75) is 26.4 Å². The van der Waals surface area contributed by atoms with Gasteiger partial charge < -0.3 is 18.7 Å². The van der Waals surface area contributed by atoms with Gasteiger partial charge in [0.05, 0.1) is 18.8 Å². The highest BCUT2D eigenvalue weighted by molar-refractivity contribution is 7.07. The number of rotatable bonds is 6. The van der Waals surface area contributed by atoms with Crippen LogP contribution in [0, 0.1) is 6.92 Å². The second kappa shape index (κ2) is 9.01. The Hall–Kier alpha value is -3.65. The van der Waals surface area contributed by atoms with E-state index in [2.05, 4.69) is 10.3 Å². The van der Waals surface area contributed by atoms with Crippen molar-refractivity contribution >= 4 is 23.2 Å². The quantitative estimate of drug-likeness (QED) is 0.488. The average molecular weight is 436 g/mol. The van der Waals surface area contributed by atoms with Crippen LogP contribution in [0.1, 0.15) is 51.1 Å². The molecule has 0 spiro atoms. The van der Waals surface area contributed by atoms with Crippen LogP contribution in [-0.2, 0) is 6.54 Å². The highest BCUT2D eigenvalue weighted by atomic mass is 32.1. The third-order valence-electron chi connectivity index (χ3n) is 4.77. The van der Waals surface area contributed by atoms with Crippen molar-refractivity contribution in [3.05, 3.63) is 99.6 Å². The highest BCUT2D eigenvalue weighted by Crippen LogP contribution is 2.15. The first-order chi connectivity index (χ1) is 15.0. The number of amides is 2. The van der Waals surface area contributed by atoms with Gasteiger partial charge in [-0.2, -0.15) is 4.99 Å². The number of carbonyl (C=O) groups excluding carboxylic acids is 2. The van der Waals surface area contributed by atoms with Crippen LogP contribution in [-0.4, -0.2) is 16.4 Å². The first-order valence-electron chi connectivity index (χ1n) is 9.73. The molecule has 8 heteroatoms. The van der Waals surface area contributed by atoms with Gasteiger partial charge in [-0.15, -0.1) is 11.3 Å². The molecule has 158 valence electrons. The standard InChI is InChI=1S/C23H21N3O4S/c1-15-14-31-23(25-21(27)19-9-6-12-29-19)26(15)13-18-10-11-20(30-18)22(28)24-16(2)17-7-4-3-5-8-17/h3-12,14,16H,13H2,1-2H3,(H,24,28). The number of nitrogens with zero attached hydrogens (tertiary/aromatic N) is 2. The first-order valence-corrected chi connectivity index (χ1v) is 10.6. The van der Waals surface area contributed by atoms with Gasteiger partial charge in [-0.1, -0.05) is 30.3 Å². The van der Waals surface area contributed by atoms with Crippen LogP contribution < -0.4 is 10.1 Å². The SMILES string of the molecule is Cc1csc(=NC(=O)c2ccco2)n1Cc1ccc(C(=O)NC(C)c2ccccc2)o1. The van der Waals surface area contributed by atoms with Crippen molar-refractivity contribution in [1.29, 1.82) is 0 Å². The van der Waals surface area contributed by atoms with Crippen molar-refractivity contribution in [2.24, 2.45) is 4.99 Å². The smallest absolute Gasteiger partial charge is 0.315 e. The van der Waals surface area contributed by atoms with Gasteiger partial charge in [-0.05, 0) is 43.7 Å². The molecule has 31 heavy (non-hydrogen) atoms. The minimum absolute atomic E-state index is 0.145. The van der Waals surface area contributed by atoms with Gasteiger partial charge in [0.2, 0.25) is 0 Å². The van der Waals surface area contributed by atoms with Crippen LogP contribution >= 0.6 is 11.3 Å². The number of nitrogens with one attached hydrogen (secondary N) is 1. The van der Waals surface area contributed by atoms with E-state index in [9.17, 15) is 9.59 Å². The Kier molecular flexibility index (Phi) is 5.99. The average Bonchev–Trinajstić information content (AvgIpc) is 3.53. The fraction of sp³-hybridized carbons (Fsp3) is 0.174. The maximum atomic E-state index is 12.6. The largest absolute Gasteiger partial charge is 0.459 e. The zero-order valence-corrected chi connectivity index (χ0v) is 17.9. The van der Waals surface area contributed by atoms with E-state index in [4.69, 9.17) is 8.83 Å². The van der Waals surface area contributed by atoms with E-state index in [1.165, 1.54) is 17.6 Å². The zero-order valence-electron chi connectivity index (χ0n) is 17.1. The molecule has 1 N–H and O–H groups in total. The number of benzene rings is 1. The molecule has 3 aromatic heterocycles. The molecule has 2 amide bonds. The molecule has 0 radical (unpaired) electrons. The first kappa shape index (κ1) is 20.6. The molecule has 1 aromatic carbocycles. The van der Waals surface area contributed by atoms with Gasteiger partial charge in [-0.3, -0.25) is 9.59 Å². The Bertz CT molecular complexity index is 1250. The number of hydrogen-bond acceptors (Lipinski definition) is 5. The Morgan fingerprint density at radius 3 is 2.65 bits per heavy atom. The van der Waals surface area contributed by atoms with Crippen LogP contribution in [0.2, 0.25) is 0 Å². The molecule has 0 saturated carbocycles. The third-order valence-corrected chi connectivity index (χ3v) is 5.75. The Morgan fingerprint density at radius 1 is 1.10 bits per heavy atom. The predicted octanol–water partition coefficient (Wildman–Crippen LogP) is 4.32. The Labute approximate surface area is 182 Å². The lowest BCUT2D eigenvalue weighted by Gasteiger charge is -2.13. The zero-order chi connectivity index (χ0) is 21.8. The summed E-state index contributed by atoms with van der Waals surface area (Å²) < 4.78 is 12.7. The van der Waals surface area contributed by atoms with Crippen LogP contribution in [0.25, 0.3) is 0 Å². The minimum atomic E-state index is -0.449. The van der Waals surface area contributed by atoms with Gasteiger partial charge >= 0.3 is 5.91 Å². The summed E-state index contributed by atoms with van der Waals surface area (Å²) in [7, 11) is 0. The van der Waals surface area contributed by atoms with E-state index in [1.807, 2.05) is 54.1 Å². The van der Waals surface area contributed by atoms with E-state index in [1.54, 1.807) is 24.3 Å². The molecular weight excluding hydrogens is 414 g/mol. The van der Waals surface area contributed by atoms with Crippen molar-refractivity contribution in [3.63, 3.8) is 0 Å². The van der Waals surface area contributed by atoms with Crippen LogP contribution in [0.5, 0.6) is 0 Å². The normalized spacial score (nSPS) is 12.6. The summed E-state index contributed by atoms with van der Waals surface area (Å²) in [6.45, 7) is 4.19. The minimum Gasteiger partial charge on any atom is -0.459 e. The number of carbonyl (C=O) groups is 2. The summed E-state index contributed by atoms with van der Waals surface area (Å²) in [6, 6.07) is 16.2. The van der Waals surface area contributed by atoms with E-state index in [0.717, 1.165) is 11.3 Å². The van der Waals surface area contributed by atoms with Crippen LogP contribution in [0.15, 0.2) is 80.1 Å². The molecule has 0 bridgehead atoms. The molecule has 7 nitrogen and oxygen atoms in total. The molecule has 1 atom stereocenters. The number of aryl methyl sites for hydroxylation is 1. The number of hydrogen-bond donors (Lipinski definition) is 1. The van der Waals surface area contributed by atoms with Gasteiger partial charge in [0.25, 0.3) is 5.91 Å². The Balaban J connectivity index is 1.49. The number of furan rings is 2. The lowest BCUT2D eigenvalue weighted by molar-refractivity contribution is 0.0909. The lowest BCUT2D eigenvalue weighted by atomic mass is 10.1. The second-order valence-corrected chi connectivity index (χ2v) is 7.85. The topological polar surface area (TPSA) is 89.7 Å². The molecule has 0 aliphatic rings. The van der Waals surface area contributed by atoms with Crippen molar-refractivity contribution in [2.75, 3.05) is 0 Å². The van der Waals surface area contributed by atoms with Crippen LogP contribution in [0.4, 0.5) is 0 Å². The van der Waals surface area contributed by atoms with Gasteiger partial charge in [0, 0.05) is 11.1 Å². The Morgan fingerprint density at radius 2 is 1.90 bits per heavy atom. The molecule has 1 unspecified atom stereocenters. The van der Waals surface area contributed by atoms with E-state index in [-0.39, 0.29) is 23.5 Å². The molecule has 0 fully saturated rings. The summed E-state index contributed by atoms with van der Waals surface area (Å²) in [4.78, 5) is 29.5. The fourth-order valence-corrected chi connectivity index (χ4v) is 3.95. The van der Waals surface area contributed by atoms with Crippen molar-refractivity contribution < 1.29 is 18.4 Å². The molecular formula is C23H21N3O4S. The van der Waals surface area contributed by atoms with Gasteiger partial charge in [0.1, 0.15) is 5.76 Å². The number of thiazole rings is 1. The molecule has 4 rings (SSSR count). The molecule has 4 aromatic rings. The third kappa shape index (κ3) is 4.75. The van der Waals surface area contributed by atoms with E-state index < -0.39 is 5.91 Å². The van der Waals surface area contributed by atoms with Crippen molar-refractivity contribution in [1.82, 2.24) is 9.88 Å². The van der Waals surface area contributed by atoms with E-state index in [0.29, 0.717) is 17.1 Å². The highest BCUT2D eigenvalue weighted by Gasteiger charge is 2.16. The molecule has 0 aliphatic carbocycles. The summed E-state index contributed by atoms with van der Waals surface area (Å²) in [5.74, 6) is 0.270. The molecule has 3 heterocycles. The maximum absolute atomic E-state index is 12.6. The molecule has 0 aliphatic heterocycles. The summed E-state index contributed by atoms with van der Waals surface area (Å²) in [5, 5.41) is 4.85. The molecule has 0 saturated heterocycles.